The Morgan fingerprint density at radius 1 is 1.47 bits per heavy atom. The van der Waals surface area contributed by atoms with E-state index in [0.717, 1.165) is 5.56 Å². The lowest BCUT2D eigenvalue weighted by atomic mass is 10.2. The van der Waals surface area contributed by atoms with Gasteiger partial charge in [0.25, 0.3) is 0 Å². The van der Waals surface area contributed by atoms with Crippen LogP contribution in [0.4, 0.5) is 0 Å². The summed E-state index contributed by atoms with van der Waals surface area (Å²) in [6, 6.07) is 7.48. The Labute approximate surface area is 99.8 Å². The summed E-state index contributed by atoms with van der Waals surface area (Å²) in [4.78, 5) is 13.1. The largest absolute Gasteiger partial charge is 0.338 e. The molecule has 0 saturated carbocycles. The van der Waals surface area contributed by atoms with E-state index in [4.69, 9.17) is 23.2 Å². The SMILES string of the molecule is CCN(Cc1cccc(Cl)c1)C(=O)CCl. The van der Waals surface area contributed by atoms with E-state index >= 15 is 0 Å². The van der Waals surface area contributed by atoms with Crippen LogP contribution in [0.2, 0.25) is 5.02 Å². The summed E-state index contributed by atoms with van der Waals surface area (Å²) in [5.74, 6) is -0.0341. The van der Waals surface area contributed by atoms with Gasteiger partial charge in [-0.15, -0.1) is 11.6 Å². The van der Waals surface area contributed by atoms with Crippen LogP contribution >= 0.6 is 23.2 Å². The predicted octanol–water partition coefficient (Wildman–Crippen LogP) is 2.93. The zero-order valence-electron chi connectivity index (χ0n) is 8.54. The molecule has 0 aliphatic carbocycles. The number of carbonyl (C=O) groups is 1. The van der Waals surface area contributed by atoms with Gasteiger partial charge in [0.2, 0.25) is 5.91 Å². The zero-order valence-corrected chi connectivity index (χ0v) is 10.1. The molecule has 0 fully saturated rings. The summed E-state index contributed by atoms with van der Waals surface area (Å²) in [5, 5.41) is 0.682. The number of halogens is 2. The van der Waals surface area contributed by atoms with E-state index in [9.17, 15) is 4.79 Å². The molecule has 1 amide bonds. The van der Waals surface area contributed by atoms with E-state index in [1.165, 1.54) is 0 Å². The Morgan fingerprint density at radius 2 is 2.20 bits per heavy atom. The molecule has 4 heteroatoms. The van der Waals surface area contributed by atoms with Crippen molar-refractivity contribution >= 4 is 29.1 Å². The first-order valence-corrected chi connectivity index (χ1v) is 5.66. The van der Waals surface area contributed by atoms with E-state index < -0.39 is 0 Å². The van der Waals surface area contributed by atoms with Crippen LogP contribution in [0.1, 0.15) is 12.5 Å². The summed E-state index contributed by atoms with van der Waals surface area (Å²) in [5.41, 5.74) is 1.02. The Bertz CT molecular complexity index is 341. The van der Waals surface area contributed by atoms with Crippen molar-refractivity contribution in [2.75, 3.05) is 12.4 Å². The standard InChI is InChI=1S/C11H13Cl2NO/c1-2-14(11(15)7-12)8-9-4-3-5-10(13)6-9/h3-6H,2,7-8H2,1H3. The van der Waals surface area contributed by atoms with Crippen molar-refractivity contribution < 1.29 is 4.79 Å². The fraction of sp³-hybridized carbons (Fsp3) is 0.364. The minimum atomic E-state index is -0.0563. The van der Waals surface area contributed by atoms with E-state index in [1.54, 1.807) is 4.90 Å². The van der Waals surface area contributed by atoms with Gasteiger partial charge in [0.05, 0.1) is 0 Å². The highest BCUT2D eigenvalue weighted by atomic mass is 35.5. The molecule has 0 radical (unpaired) electrons. The van der Waals surface area contributed by atoms with Gasteiger partial charge < -0.3 is 4.90 Å². The lowest BCUT2D eigenvalue weighted by molar-refractivity contribution is -0.128. The van der Waals surface area contributed by atoms with Crippen LogP contribution < -0.4 is 0 Å². The highest BCUT2D eigenvalue weighted by molar-refractivity contribution is 6.30. The van der Waals surface area contributed by atoms with Crippen molar-refractivity contribution in [3.63, 3.8) is 0 Å². The van der Waals surface area contributed by atoms with Crippen molar-refractivity contribution in [3.8, 4) is 0 Å². The Balaban J connectivity index is 2.70. The molecule has 15 heavy (non-hydrogen) atoms. The molecule has 0 bridgehead atoms. The van der Waals surface area contributed by atoms with E-state index in [0.29, 0.717) is 18.1 Å². The van der Waals surface area contributed by atoms with Crippen LogP contribution in [-0.4, -0.2) is 23.2 Å². The summed E-state index contributed by atoms with van der Waals surface area (Å²) < 4.78 is 0. The summed E-state index contributed by atoms with van der Waals surface area (Å²) in [7, 11) is 0. The number of carbonyl (C=O) groups excluding carboxylic acids is 1. The minimum absolute atomic E-state index is 0.0222. The first-order chi connectivity index (χ1) is 7.17. The number of nitrogens with zero attached hydrogens (tertiary/aromatic N) is 1. The molecule has 82 valence electrons. The number of benzene rings is 1. The molecule has 0 atom stereocenters. The zero-order chi connectivity index (χ0) is 11.3. The second kappa shape index (κ2) is 5.99. The van der Waals surface area contributed by atoms with Gasteiger partial charge in [-0.3, -0.25) is 4.79 Å². The number of amides is 1. The van der Waals surface area contributed by atoms with Gasteiger partial charge in [0.1, 0.15) is 5.88 Å². The van der Waals surface area contributed by atoms with Crippen LogP contribution in [0.25, 0.3) is 0 Å². The number of rotatable bonds is 4. The molecule has 0 heterocycles. The highest BCUT2D eigenvalue weighted by Gasteiger charge is 2.10. The molecule has 0 saturated heterocycles. The Hall–Kier alpha value is -0.730. The first kappa shape index (κ1) is 12.3. The molecule has 1 rings (SSSR count). The lowest BCUT2D eigenvalue weighted by Gasteiger charge is -2.19. The third kappa shape index (κ3) is 3.73. The van der Waals surface area contributed by atoms with Crippen LogP contribution in [0, 0.1) is 0 Å². The highest BCUT2D eigenvalue weighted by Crippen LogP contribution is 2.12. The maximum Gasteiger partial charge on any atom is 0.237 e. The Morgan fingerprint density at radius 3 is 2.73 bits per heavy atom. The maximum atomic E-state index is 11.4. The maximum absolute atomic E-state index is 11.4. The Kier molecular flexibility index (Phi) is 4.92. The summed E-state index contributed by atoms with van der Waals surface area (Å²) >= 11 is 11.4. The molecule has 0 spiro atoms. The molecule has 0 unspecified atom stereocenters. The first-order valence-electron chi connectivity index (χ1n) is 4.75. The van der Waals surface area contributed by atoms with Crippen LogP contribution in [0.5, 0.6) is 0 Å². The van der Waals surface area contributed by atoms with Gasteiger partial charge in [0.15, 0.2) is 0 Å². The van der Waals surface area contributed by atoms with Crippen molar-refractivity contribution in [2.45, 2.75) is 13.5 Å². The quantitative estimate of drug-likeness (QED) is 0.748. The third-order valence-corrected chi connectivity index (χ3v) is 2.57. The molecule has 1 aromatic rings. The number of hydrogen-bond acceptors (Lipinski definition) is 1. The van der Waals surface area contributed by atoms with E-state index in [2.05, 4.69) is 0 Å². The smallest absolute Gasteiger partial charge is 0.237 e. The minimum Gasteiger partial charge on any atom is -0.338 e. The van der Waals surface area contributed by atoms with Gasteiger partial charge >= 0.3 is 0 Å². The third-order valence-electron chi connectivity index (χ3n) is 2.11. The number of hydrogen-bond donors (Lipinski definition) is 0. The van der Waals surface area contributed by atoms with Crippen molar-refractivity contribution in [2.24, 2.45) is 0 Å². The van der Waals surface area contributed by atoms with Crippen molar-refractivity contribution in [1.82, 2.24) is 4.90 Å². The molecular formula is C11H13Cl2NO. The fourth-order valence-electron chi connectivity index (χ4n) is 1.32. The monoisotopic (exact) mass is 245 g/mol. The van der Waals surface area contributed by atoms with Crippen LogP contribution in [-0.2, 0) is 11.3 Å². The normalized spacial score (nSPS) is 10.1. The molecule has 0 aromatic heterocycles. The van der Waals surface area contributed by atoms with E-state index in [-0.39, 0.29) is 11.8 Å². The molecule has 1 aromatic carbocycles. The lowest BCUT2D eigenvalue weighted by Crippen LogP contribution is -2.31. The topological polar surface area (TPSA) is 20.3 Å². The molecule has 0 N–H and O–H groups in total. The van der Waals surface area contributed by atoms with Crippen LogP contribution in [0.15, 0.2) is 24.3 Å². The number of alkyl halides is 1. The molecule has 2 nitrogen and oxygen atoms in total. The van der Waals surface area contributed by atoms with E-state index in [1.807, 2.05) is 31.2 Å². The van der Waals surface area contributed by atoms with Gasteiger partial charge in [-0.25, -0.2) is 0 Å². The summed E-state index contributed by atoms with van der Waals surface area (Å²) in [6.07, 6.45) is 0. The second-order valence-corrected chi connectivity index (χ2v) is 3.88. The van der Waals surface area contributed by atoms with Crippen molar-refractivity contribution in [1.29, 1.82) is 0 Å². The summed E-state index contributed by atoms with van der Waals surface area (Å²) in [6.45, 7) is 3.13. The van der Waals surface area contributed by atoms with Gasteiger partial charge in [-0.05, 0) is 24.6 Å². The molecule has 0 aliphatic heterocycles. The average molecular weight is 246 g/mol. The van der Waals surface area contributed by atoms with Crippen molar-refractivity contribution in [3.05, 3.63) is 34.9 Å². The second-order valence-electron chi connectivity index (χ2n) is 3.17. The van der Waals surface area contributed by atoms with Gasteiger partial charge in [0, 0.05) is 18.1 Å². The molecular weight excluding hydrogens is 233 g/mol. The fourth-order valence-corrected chi connectivity index (χ4v) is 1.70. The van der Waals surface area contributed by atoms with Crippen LogP contribution in [0.3, 0.4) is 0 Å². The average Bonchev–Trinajstić information content (AvgIpc) is 2.25. The predicted molar refractivity (Wildman–Crippen MR) is 63.3 cm³/mol. The van der Waals surface area contributed by atoms with Gasteiger partial charge in [-0.2, -0.15) is 0 Å². The van der Waals surface area contributed by atoms with Gasteiger partial charge in [-0.1, -0.05) is 23.7 Å². The molecule has 0 aliphatic rings.